The number of nitrogen functional groups attached to an aromatic ring is 1. The first-order valence-electron chi connectivity index (χ1n) is 6.48. The summed E-state index contributed by atoms with van der Waals surface area (Å²) in [5.41, 5.74) is 8.33. The fraction of sp³-hybridized carbons (Fsp3) is 0.500. The molecule has 0 aliphatic heterocycles. The van der Waals surface area contributed by atoms with E-state index in [0.29, 0.717) is 23.2 Å². The molecule has 1 aromatic carbocycles. The number of nitrogens with one attached hydrogen (secondary N) is 1. The molecule has 1 saturated carbocycles. The first-order valence-corrected chi connectivity index (χ1v) is 6.48. The molecular weight excluding hydrogens is 226 g/mol. The minimum atomic E-state index is 0.298. The van der Waals surface area contributed by atoms with Crippen LogP contribution in [0.25, 0.3) is 11.1 Å². The molecule has 0 bridgehead atoms. The summed E-state index contributed by atoms with van der Waals surface area (Å²) in [5.74, 6) is 0. The van der Waals surface area contributed by atoms with Crippen molar-refractivity contribution < 1.29 is 4.42 Å². The molecule has 1 aliphatic carbocycles. The van der Waals surface area contributed by atoms with Crippen molar-refractivity contribution in [2.24, 2.45) is 5.41 Å². The van der Waals surface area contributed by atoms with Crippen molar-refractivity contribution in [3.05, 3.63) is 18.2 Å². The molecule has 3 N–H and O–H groups in total. The van der Waals surface area contributed by atoms with E-state index in [4.69, 9.17) is 10.2 Å². The number of hydrogen-bond acceptors (Lipinski definition) is 4. The molecule has 0 saturated heterocycles. The highest BCUT2D eigenvalue weighted by Gasteiger charge is 2.35. The van der Waals surface area contributed by atoms with Gasteiger partial charge in [0.1, 0.15) is 5.52 Å². The fourth-order valence-electron chi connectivity index (χ4n) is 2.77. The standard InChI is InChI=1S/C14H19N3O/c1-14(2)8-4-7-11(14)16-13-17-12-9(15)5-3-6-10(12)18-13/h3,5-6,11H,4,7-8,15H2,1-2H3,(H,16,17). The highest BCUT2D eigenvalue weighted by atomic mass is 16.4. The van der Waals surface area contributed by atoms with E-state index in [1.807, 2.05) is 18.2 Å². The molecule has 2 aromatic rings. The third kappa shape index (κ3) is 1.82. The van der Waals surface area contributed by atoms with E-state index < -0.39 is 0 Å². The summed E-state index contributed by atoms with van der Waals surface area (Å²) < 4.78 is 5.70. The predicted octanol–water partition coefficient (Wildman–Crippen LogP) is 3.40. The lowest BCUT2D eigenvalue weighted by Crippen LogP contribution is -2.30. The molecule has 18 heavy (non-hydrogen) atoms. The van der Waals surface area contributed by atoms with Gasteiger partial charge >= 0.3 is 0 Å². The van der Waals surface area contributed by atoms with Gasteiger partial charge in [0.25, 0.3) is 6.01 Å². The Kier molecular flexibility index (Phi) is 2.47. The van der Waals surface area contributed by atoms with Crippen molar-refractivity contribution in [1.82, 2.24) is 4.98 Å². The smallest absolute Gasteiger partial charge is 0.295 e. The Bertz CT molecular complexity index is 573. The van der Waals surface area contributed by atoms with Crippen molar-refractivity contribution in [2.45, 2.75) is 39.2 Å². The summed E-state index contributed by atoms with van der Waals surface area (Å²) in [6.45, 7) is 4.57. The van der Waals surface area contributed by atoms with Gasteiger partial charge < -0.3 is 15.5 Å². The van der Waals surface area contributed by atoms with E-state index in [2.05, 4.69) is 24.1 Å². The third-order valence-electron chi connectivity index (χ3n) is 4.01. The normalized spacial score (nSPS) is 22.4. The van der Waals surface area contributed by atoms with Crippen LogP contribution in [0.4, 0.5) is 11.7 Å². The van der Waals surface area contributed by atoms with Crippen LogP contribution >= 0.6 is 0 Å². The number of rotatable bonds is 2. The Balaban J connectivity index is 1.89. The Hall–Kier alpha value is -1.71. The summed E-state index contributed by atoms with van der Waals surface area (Å²) in [6, 6.07) is 6.62. The fourth-order valence-corrected chi connectivity index (χ4v) is 2.77. The zero-order valence-corrected chi connectivity index (χ0v) is 10.9. The van der Waals surface area contributed by atoms with Crippen LogP contribution in [0.1, 0.15) is 33.1 Å². The Morgan fingerprint density at radius 1 is 1.44 bits per heavy atom. The molecule has 1 fully saturated rings. The van der Waals surface area contributed by atoms with Crippen LogP contribution < -0.4 is 11.1 Å². The first-order chi connectivity index (χ1) is 8.56. The highest BCUT2D eigenvalue weighted by Crippen LogP contribution is 2.39. The van der Waals surface area contributed by atoms with Crippen molar-refractivity contribution in [1.29, 1.82) is 0 Å². The van der Waals surface area contributed by atoms with Crippen LogP contribution in [-0.4, -0.2) is 11.0 Å². The lowest BCUT2D eigenvalue weighted by atomic mass is 9.87. The number of oxazole rings is 1. The molecule has 0 radical (unpaired) electrons. The number of hydrogen-bond donors (Lipinski definition) is 2. The second-order valence-electron chi connectivity index (χ2n) is 5.79. The molecule has 1 unspecified atom stereocenters. The second-order valence-corrected chi connectivity index (χ2v) is 5.79. The molecule has 1 atom stereocenters. The quantitative estimate of drug-likeness (QED) is 0.796. The van der Waals surface area contributed by atoms with Gasteiger partial charge in [-0.2, -0.15) is 4.98 Å². The zero-order chi connectivity index (χ0) is 12.8. The average molecular weight is 245 g/mol. The van der Waals surface area contributed by atoms with Crippen molar-refractivity contribution in [2.75, 3.05) is 11.1 Å². The topological polar surface area (TPSA) is 64.1 Å². The molecule has 4 heteroatoms. The van der Waals surface area contributed by atoms with Gasteiger partial charge in [0, 0.05) is 6.04 Å². The average Bonchev–Trinajstić information content (AvgIpc) is 2.84. The third-order valence-corrected chi connectivity index (χ3v) is 4.01. The van der Waals surface area contributed by atoms with Gasteiger partial charge in [-0.3, -0.25) is 0 Å². The second kappa shape index (κ2) is 3.90. The van der Waals surface area contributed by atoms with E-state index in [-0.39, 0.29) is 0 Å². The van der Waals surface area contributed by atoms with Gasteiger partial charge in [-0.1, -0.05) is 26.3 Å². The zero-order valence-electron chi connectivity index (χ0n) is 10.9. The summed E-state index contributed by atoms with van der Waals surface area (Å²) in [4.78, 5) is 4.44. The maximum Gasteiger partial charge on any atom is 0.295 e. The van der Waals surface area contributed by atoms with Crippen LogP contribution in [0.3, 0.4) is 0 Å². The number of benzene rings is 1. The maximum atomic E-state index is 5.88. The molecule has 3 rings (SSSR count). The van der Waals surface area contributed by atoms with E-state index >= 15 is 0 Å². The summed E-state index contributed by atoms with van der Waals surface area (Å²) in [5, 5.41) is 3.41. The SMILES string of the molecule is CC1(C)CCCC1Nc1nc2c(N)cccc2o1. The van der Waals surface area contributed by atoms with Crippen LogP contribution in [0.5, 0.6) is 0 Å². The molecule has 4 nitrogen and oxygen atoms in total. The molecule has 0 amide bonds. The van der Waals surface area contributed by atoms with Crippen LogP contribution in [0.2, 0.25) is 0 Å². The number of nitrogens with zero attached hydrogens (tertiary/aromatic N) is 1. The molecule has 1 aromatic heterocycles. The number of aromatic nitrogens is 1. The number of anilines is 2. The lowest BCUT2D eigenvalue weighted by Gasteiger charge is -2.26. The largest absolute Gasteiger partial charge is 0.423 e. The van der Waals surface area contributed by atoms with E-state index in [1.165, 1.54) is 19.3 Å². The van der Waals surface area contributed by atoms with Gasteiger partial charge in [-0.05, 0) is 30.4 Å². The van der Waals surface area contributed by atoms with Crippen molar-refractivity contribution in [3.63, 3.8) is 0 Å². The molecule has 96 valence electrons. The minimum Gasteiger partial charge on any atom is -0.423 e. The summed E-state index contributed by atoms with van der Waals surface area (Å²) in [6.07, 6.45) is 3.67. The monoisotopic (exact) mass is 245 g/mol. The van der Waals surface area contributed by atoms with Crippen LogP contribution in [-0.2, 0) is 0 Å². The van der Waals surface area contributed by atoms with Gasteiger partial charge in [-0.25, -0.2) is 0 Å². The number of para-hydroxylation sites is 1. The van der Waals surface area contributed by atoms with Gasteiger partial charge in [-0.15, -0.1) is 0 Å². The van der Waals surface area contributed by atoms with E-state index in [9.17, 15) is 0 Å². The molecule has 1 aliphatic rings. The molecule has 0 spiro atoms. The Labute approximate surface area is 107 Å². The maximum absolute atomic E-state index is 5.88. The van der Waals surface area contributed by atoms with Gasteiger partial charge in [0.2, 0.25) is 0 Å². The molecule has 1 heterocycles. The summed E-state index contributed by atoms with van der Waals surface area (Å²) in [7, 11) is 0. The predicted molar refractivity (Wildman–Crippen MR) is 73.5 cm³/mol. The first kappa shape index (κ1) is 11.4. The van der Waals surface area contributed by atoms with Gasteiger partial charge in [0.05, 0.1) is 5.69 Å². The summed E-state index contributed by atoms with van der Waals surface area (Å²) >= 11 is 0. The minimum absolute atomic E-state index is 0.298. The molecular formula is C14H19N3O. The van der Waals surface area contributed by atoms with E-state index in [1.54, 1.807) is 0 Å². The van der Waals surface area contributed by atoms with Crippen molar-refractivity contribution in [3.8, 4) is 0 Å². The Morgan fingerprint density at radius 2 is 2.28 bits per heavy atom. The van der Waals surface area contributed by atoms with Gasteiger partial charge in [0.15, 0.2) is 5.58 Å². The lowest BCUT2D eigenvalue weighted by molar-refractivity contribution is 0.344. The van der Waals surface area contributed by atoms with Crippen LogP contribution in [0, 0.1) is 5.41 Å². The van der Waals surface area contributed by atoms with E-state index in [0.717, 1.165) is 11.1 Å². The highest BCUT2D eigenvalue weighted by molar-refractivity contribution is 5.86. The number of fused-ring (bicyclic) bond motifs is 1. The van der Waals surface area contributed by atoms with Crippen LogP contribution in [0.15, 0.2) is 22.6 Å². The Morgan fingerprint density at radius 3 is 2.94 bits per heavy atom. The number of nitrogens with two attached hydrogens (primary N) is 1. The van der Waals surface area contributed by atoms with Crippen molar-refractivity contribution >= 4 is 22.8 Å².